The zero-order valence-electron chi connectivity index (χ0n) is 13.9. The third-order valence-corrected chi connectivity index (χ3v) is 4.41. The molecule has 0 amide bonds. The van der Waals surface area contributed by atoms with Crippen molar-refractivity contribution in [1.82, 2.24) is 9.55 Å². The molecule has 1 aromatic heterocycles. The Bertz CT molecular complexity index is 935. The number of H-pyrrole nitrogens is 1. The predicted octanol–water partition coefficient (Wildman–Crippen LogP) is 2.44. The van der Waals surface area contributed by atoms with Crippen LogP contribution in [-0.2, 0) is 9.47 Å². The van der Waals surface area contributed by atoms with Crippen LogP contribution in [0.4, 0.5) is 0 Å². The van der Waals surface area contributed by atoms with Crippen molar-refractivity contribution >= 4 is 28.0 Å². The monoisotopic (exact) mass is 420 g/mol. The van der Waals surface area contributed by atoms with Gasteiger partial charge in [0.15, 0.2) is 0 Å². The van der Waals surface area contributed by atoms with Crippen LogP contribution in [-0.4, -0.2) is 27.7 Å². The van der Waals surface area contributed by atoms with Crippen LogP contribution in [0.1, 0.15) is 35.5 Å². The van der Waals surface area contributed by atoms with E-state index in [0.717, 1.165) is 0 Å². The van der Waals surface area contributed by atoms with E-state index in [1.807, 2.05) is 6.07 Å². The van der Waals surface area contributed by atoms with Crippen LogP contribution in [0.5, 0.6) is 0 Å². The van der Waals surface area contributed by atoms with E-state index in [9.17, 15) is 14.4 Å². The average Bonchev–Trinajstić information content (AvgIpc) is 2.98. The molecule has 1 N–H and O–H groups in total. The number of ether oxygens (including phenoxy) is 2. The minimum atomic E-state index is -0.634. The van der Waals surface area contributed by atoms with Crippen molar-refractivity contribution < 1.29 is 14.3 Å². The number of rotatable bonds is 4. The first kappa shape index (κ1) is 18.3. The molecule has 0 bridgehead atoms. The maximum atomic E-state index is 12.2. The van der Waals surface area contributed by atoms with E-state index in [0.29, 0.717) is 17.5 Å². The van der Waals surface area contributed by atoms with Crippen LogP contribution in [0.3, 0.4) is 0 Å². The molecular weight excluding hydrogens is 404 g/mol. The molecule has 1 aliphatic heterocycles. The second kappa shape index (κ2) is 7.84. The molecule has 0 saturated carbocycles. The van der Waals surface area contributed by atoms with Gasteiger partial charge in [-0.3, -0.25) is 14.3 Å². The van der Waals surface area contributed by atoms with Gasteiger partial charge in [0.05, 0.1) is 17.2 Å². The summed E-state index contributed by atoms with van der Waals surface area (Å²) >= 11 is 3.11. The summed E-state index contributed by atoms with van der Waals surface area (Å²) in [5.74, 6) is -0.441. The Morgan fingerprint density at radius 3 is 2.77 bits per heavy atom. The first-order valence-corrected chi connectivity index (χ1v) is 8.95. The minimum Gasteiger partial charge on any atom is -0.456 e. The lowest BCUT2D eigenvalue weighted by atomic mass is 10.2. The lowest BCUT2D eigenvalue weighted by Gasteiger charge is -2.14. The van der Waals surface area contributed by atoms with Crippen molar-refractivity contribution in [2.45, 2.75) is 31.8 Å². The summed E-state index contributed by atoms with van der Waals surface area (Å²) in [7, 11) is 0. The molecule has 2 heterocycles. The number of carbonyl (C=O) groups is 1. The van der Waals surface area contributed by atoms with Gasteiger partial charge in [-0.2, -0.15) is 0 Å². The first-order valence-electron chi connectivity index (χ1n) is 8.03. The Balaban J connectivity index is 1.79. The number of hydrogen-bond acceptors (Lipinski definition) is 5. The number of esters is 1. The van der Waals surface area contributed by atoms with Gasteiger partial charge in [-0.25, -0.2) is 9.59 Å². The SMILES string of the molecule is C[C@@H]1O[C@H](n2cc(/C=C/Br)c(=O)[nH]c2=O)CC1OC(=O)c1ccccc1. The van der Waals surface area contributed by atoms with Crippen molar-refractivity contribution in [2.24, 2.45) is 0 Å². The Morgan fingerprint density at radius 1 is 1.35 bits per heavy atom. The molecule has 26 heavy (non-hydrogen) atoms. The molecule has 7 nitrogen and oxygen atoms in total. The molecule has 3 rings (SSSR count). The fourth-order valence-corrected chi connectivity index (χ4v) is 3.07. The van der Waals surface area contributed by atoms with Crippen molar-refractivity contribution in [3.63, 3.8) is 0 Å². The van der Waals surface area contributed by atoms with E-state index in [1.165, 1.54) is 21.8 Å². The lowest BCUT2D eigenvalue weighted by molar-refractivity contribution is -0.0208. The summed E-state index contributed by atoms with van der Waals surface area (Å²) in [4.78, 5) is 39.9. The van der Waals surface area contributed by atoms with Crippen molar-refractivity contribution in [3.8, 4) is 0 Å². The summed E-state index contributed by atoms with van der Waals surface area (Å²) in [5.41, 5.74) is -0.300. The van der Waals surface area contributed by atoms with Gasteiger partial charge in [0.1, 0.15) is 12.3 Å². The van der Waals surface area contributed by atoms with Crippen LogP contribution in [0.15, 0.2) is 51.1 Å². The van der Waals surface area contributed by atoms with E-state index in [4.69, 9.17) is 9.47 Å². The molecule has 1 fully saturated rings. The number of carbonyl (C=O) groups excluding carboxylic acids is 1. The molecule has 1 saturated heterocycles. The van der Waals surface area contributed by atoms with E-state index >= 15 is 0 Å². The zero-order chi connectivity index (χ0) is 18.7. The summed E-state index contributed by atoms with van der Waals surface area (Å²) in [5, 5.41) is 0. The van der Waals surface area contributed by atoms with E-state index < -0.39 is 29.6 Å². The molecule has 1 aliphatic rings. The number of benzene rings is 1. The number of nitrogens with one attached hydrogen (secondary N) is 1. The fraction of sp³-hybridized carbons (Fsp3) is 0.278. The Kier molecular flexibility index (Phi) is 5.53. The highest BCUT2D eigenvalue weighted by atomic mass is 79.9. The van der Waals surface area contributed by atoms with Gasteiger partial charge in [0.25, 0.3) is 5.56 Å². The molecule has 0 aliphatic carbocycles. The molecule has 8 heteroatoms. The van der Waals surface area contributed by atoms with Crippen LogP contribution >= 0.6 is 15.9 Å². The van der Waals surface area contributed by atoms with Crippen molar-refractivity contribution in [1.29, 1.82) is 0 Å². The van der Waals surface area contributed by atoms with Gasteiger partial charge in [-0.1, -0.05) is 34.1 Å². The van der Waals surface area contributed by atoms with Crippen molar-refractivity contribution in [3.05, 3.63) is 73.5 Å². The summed E-state index contributed by atoms with van der Waals surface area (Å²) in [6.45, 7) is 1.78. The maximum Gasteiger partial charge on any atom is 0.338 e. The average molecular weight is 421 g/mol. The molecule has 2 aromatic rings. The second-order valence-corrected chi connectivity index (χ2v) is 6.41. The second-order valence-electron chi connectivity index (χ2n) is 5.88. The van der Waals surface area contributed by atoms with E-state index in [2.05, 4.69) is 20.9 Å². The highest BCUT2D eigenvalue weighted by Gasteiger charge is 2.36. The largest absolute Gasteiger partial charge is 0.456 e. The van der Waals surface area contributed by atoms with Gasteiger partial charge < -0.3 is 9.47 Å². The smallest absolute Gasteiger partial charge is 0.338 e. The Morgan fingerprint density at radius 2 is 2.08 bits per heavy atom. The molecule has 1 aromatic carbocycles. The van der Waals surface area contributed by atoms with Crippen LogP contribution in [0.25, 0.3) is 6.08 Å². The van der Waals surface area contributed by atoms with Gasteiger partial charge >= 0.3 is 11.7 Å². The number of hydrogen-bond donors (Lipinski definition) is 1. The number of aromatic nitrogens is 2. The Hall–Kier alpha value is -2.45. The lowest BCUT2D eigenvalue weighted by Crippen LogP contribution is -2.33. The summed E-state index contributed by atoms with van der Waals surface area (Å²) in [6.07, 6.45) is 1.75. The molecule has 0 spiro atoms. The number of nitrogens with zero attached hydrogens (tertiary/aromatic N) is 1. The third kappa shape index (κ3) is 3.86. The Labute approximate surface area is 157 Å². The van der Waals surface area contributed by atoms with E-state index in [1.54, 1.807) is 31.2 Å². The van der Waals surface area contributed by atoms with Crippen LogP contribution in [0, 0.1) is 0 Å². The summed E-state index contributed by atoms with van der Waals surface area (Å²) in [6, 6.07) is 8.67. The number of halogens is 1. The molecule has 136 valence electrons. The minimum absolute atomic E-state index is 0.308. The predicted molar refractivity (Wildman–Crippen MR) is 99.1 cm³/mol. The van der Waals surface area contributed by atoms with Gasteiger partial charge in [-0.05, 0) is 30.1 Å². The van der Waals surface area contributed by atoms with Crippen molar-refractivity contribution in [2.75, 3.05) is 0 Å². The van der Waals surface area contributed by atoms with Gasteiger partial charge in [0.2, 0.25) is 0 Å². The van der Waals surface area contributed by atoms with Crippen LogP contribution in [0.2, 0.25) is 0 Å². The topological polar surface area (TPSA) is 90.4 Å². The highest BCUT2D eigenvalue weighted by Crippen LogP contribution is 2.30. The van der Waals surface area contributed by atoms with Crippen LogP contribution < -0.4 is 11.2 Å². The fourth-order valence-electron chi connectivity index (χ4n) is 2.79. The van der Waals surface area contributed by atoms with Gasteiger partial charge in [-0.15, -0.1) is 0 Å². The third-order valence-electron chi connectivity index (χ3n) is 4.15. The molecule has 1 unspecified atom stereocenters. The number of aromatic amines is 1. The maximum absolute atomic E-state index is 12.2. The molecule has 0 radical (unpaired) electrons. The zero-order valence-corrected chi connectivity index (χ0v) is 15.5. The highest BCUT2D eigenvalue weighted by molar-refractivity contribution is 9.11. The summed E-state index contributed by atoms with van der Waals surface area (Å²) < 4.78 is 12.6. The normalized spacial score (nSPS) is 22.6. The molecule has 3 atom stereocenters. The molecular formula is C18H17BrN2O5. The van der Waals surface area contributed by atoms with Gasteiger partial charge in [0, 0.05) is 12.6 Å². The first-order chi connectivity index (χ1) is 12.5. The quantitative estimate of drug-likeness (QED) is 0.766. The van der Waals surface area contributed by atoms with E-state index in [-0.39, 0.29) is 6.10 Å². The standard InChI is InChI=1S/C18H17BrN2O5/c1-11-14(26-17(23)12-5-3-2-4-6-12)9-15(25-11)21-10-13(7-8-19)16(22)20-18(21)24/h2-8,10-11,14-15H,9H2,1H3,(H,20,22,24)/b8-7+/t11-,14?,15-/m0/s1.